The lowest BCUT2D eigenvalue weighted by molar-refractivity contribution is 0.246. The molecule has 7 heteroatoms. The summed E-state index contributed by atoms with van der Waals surface area (Å²) in [6, 6.07) is 10.1. The number of nitrogens with one attached hydrogen (secondary N) is 2. The number of hydrogen-bond acceptors (Lipinski definition) is 5. The van der Waals surface area contributed by atoms with E-state index >= 15 is 0 Å². The van der Waals surface area contributed by atoms with Gasteiger partial charge in [-0.05, 0) is 23.8 Å². The molecule has 1 heterocycles. The summed E-state index contributed by atoms with van der Waals surface area (Å²) in [4.78, 5) is 13.0. The van der Waals surface area contributed by atoms with Crippen LogP contribution in [0, 0.1) is 34.0 Å². The summed E-state index contributed by atoms with van der Waals surface area (Å²) in [6.07, 6.45) is 0. The first kappa shape index (κ1) is 13.9. The highest BCUT2D eigenvalue weighted by molar-refractivity contribution is 5.94. The van der Waals surface area contributed by atoms with Crippen molar-refractivity contribution >= 4 is 17.4 Å². The van der Waals surface area contributed by atoms with Gasteiger partial charge in [-0.25, -0.2) is 4.79 Å². The lowest BCUT2D eigenvalue weighted by atomic mass is 10.1. The number of nitriles is 3. The lowest BCUT2D eigenvalue weighted by Crippen LogP contribution is -2.41. The Balaban J connectivity index is 2.35. The Morgan fingerprint density at radius 3 is 2.62 bits per heavy atom. The Bertz CT molecular complexity index is 743. The summed E-state index contributed by atoms with van der Waals surface area (Å²) in [5, 5.41) is 32.0. The Morgan fingerprint density at radius 1 is 1.29 bits per heavy atom. The van der Waals surface area contributed by atoms with Crippen LogP contribution in [-0.2, 0) is 6.54 Å². The van der Waals surface area contributed by atoms with Crippen LogP contribution in [0.4, 0.5) is 16.2 Å². The molecule has 0 unspecified atom stereocenters. The normalized spacial score (nSPS) is 12.1. The summed E-state index contributed by atoms with van der Waals surface area (Å²) in [6.45, 7) is 0.378. The van der Waals surface area contributed by atoms with Crippen LogP contribution in [0.15, 0.2) is 29.5 Å². The maximum atomic E-state index is 11.5. The predicted octanol–water partition coefficient (Wildman–Crippen LogP) is 1.58. The van der Waals surface area contributed by atoms with Crippen molar-refractivity contribution in [1.29, 1.82) is 15.8 Å². The number of amides is 2. The molecular weight excluding hydrogens is 268 g/mol. The maximum absolute atomic E-state index is 11.5. The first-order valence-corrected chi connectivity index (χ1v) is 5.96. The molecule has 1 aliphatic heterocycles. The van der Waals surface area contributed by atoms with E-state index in [9.17, 15) is 4.79 Å². The number of benzene rings is 1. The van der Waals surface area contributed by atoms with Crippen molar-refractivity contribution in [2.75, 3.05) is 17.3 Å². The molecule has 21 heavy (non-hydrogen) atoms. The summed E-state index contributed by atoms with van der Waals surface area (Å²) >= 11 is 0. The highest BCUT2D eigenvalue weighted by atomic mass is 16.2. The molecule has 0 saturated carbocycles. The molecule has 0 radical (unpaired) electrons. The lowest BCUT2D eigenvalue weighted by Gasteiger charge is -2.27. The fourth-order valence-electron chi connectivity index (χ4n) is 1.96. The largest absolute Gasteiger partial charge is 0.345 e. The van der Waals surface area contributed by atoms with Crippen LogP contribution in [0.5, 0.6) is 0 Å². The van der Waals surface area contributed by atoms with E-state index in [2.05, 4.69) is 10.6 Å². The molecule has 2 rings (SSSR count). The average molecular weight is 278 g/mol. The van der Waals surface area contributed by atoms with Gasteiger partial charge in [0, 0.05) is 19.3 Å². The van der Waals surface area contributed by atoms with Crippen LogP contribution < -0.4 is 15.5 Å². The summed E-state index contributed by atoms with van der Waals surface area (Å²) < 4.78 is 0. The number of rotatable bonds is 2. The predicted molar refractivity (Wildman–Crippen MR) is 74.6 cm³/mol. The van der Waals surface area contributed by atoms with Gasteiger partial charge in [-0.2, -0.15) is 15.8 Å². The quantitative estimate of drug-likeness (QED) is 0.797. The molecule has 0 aromatic heterocycles. The number of allylic oxidation sites excluding steroid dienone is 2. The number of carbonyl (C=O) groups excluding carboxylic acids is 1. The third kappa shape index (κ3) is 2.60. The van der Waals surface area contributed by atoms with Crippen molar-refractivity contribution in [1.82, 2.24) is 5.32 Å². The zero-order chi connectivity index (χ0) is 15.4. The number of urea groups is 1. The Morgan fingerprint density at radius 2 is 2.00 bits per heavy atom. The summed E-state index contributed by atoms with van der Waals surface area (Å²) in [5.74, 6) is 0. The standard InChI is InChI=1S/C14H10N6O/c1-20-13-3-2-11(4-9(13)8-18-14(20)21)19-12(7-17)10(5-15)6-16/h2-4,19H,8H2,1H3,(H,18,21). The van der Waals surface area contributed by atoms with Crippen molar-refractivity contribution in [2.24, 2.45) is 0 Å². The van der Waals surface area contributed by atoms with E-state index in [0.717, 1.165) is 11.3 Å². The van der Waals surface area contributed by atoms with Crippen LogP contribution in [0.3, 0.4) is 0 Å². The first-order chi connectivity index (χ1) is 10.1. The summed E-state index contributed by atoms with van der Waals surface area (Å²) in [7, 11) is 1.66. The topological polar surface area (TPSA) is 116 Å². The van der Waals surface area contributed by atoms with E-state index < -0.39 is 0 Å². The van der Waals surface area contributed by atoms with E-state index in [1.54, 1.807) is 43.5 Å². The van der Waals surface area contributed by atoms with Crippen molar-refractivity contribution in [3.05, 3.63) is 35.0 Å². The molecule has 102 valence electrons. The van der Waals surface area contributed by atoms with Gasteiger partial charge >= 0.3 is 6.03 Å². The van der Waals surface area contributed by atoms with Gasteiger partial charge < -0.3 is 10.6 Å². The average Bonchev–Trinajstić information content (AvgIpc) is 2.51. The molecular formula is C14H10N6O. The maximum Gasteiger partial charge on any atom is 0.321 e. The third-order valence-electron chi connectivity index (χ3n) is 3.03. The molecule has 0 aliphatic carbocycles. The second-order valence-corrected chi connectivity index (χ2v) is 4.27. The molecule has 1 aromatic carbocycles. The van der Waals surface area contributed by atoms with Crippen LogP contribution in [0.25, 0.3) is 0 Å². The van der Waals surface area contributed by atoms with Crippen LogP contribution >= 0.6 is 0 Å². The number of nitrogens with zero attached hydrogens (tertiary/aromatic N) is 4. The van der Waals surface area contributed by atoms with Crippen LogP contribution in [0.1, 0.15) is 5.56 Å². The smallest absolute Gasteiger partial charge is 0.321 e. The van der Waals surface area contributed by atoms with Gasteiger partial charge in [0.1, 0.15) is 23.9 Å². The monoisotopic (exact) mass is 278 g/mol. The summed E-state index contributed by atoms with van der Waals surface area (Å²) in [5.41, 5.74) is 1.83. The molecule has 7 nitrogen and oxygen atoms in total. The number of hydrogen-bond donors (Lipinski definition) is 2. The molecule has 0 spiro atoms. The second kappa shape index (κ2) is 5.64. The molecule has 0 saturated heterocycles. The Hall–Kier alpha value is -3.50. The van der Waals surface area contributed by atoms with Gasteiger partial charge in [0.15, 0.2) is 5.57 Å². The van der Waals surface area contributed by atoms with Gasteiger partial charge in [0.25, 0.3) is 0 Å². The fourth-order valence-corrected chi connectivity index (χ4v) is 1.96. The van der Waals surface area contributed by atoms with E-state index in [1.807, 2.05) is 0 Å². The van der Waals surface area contributed by atoms with Crippen LogP contribution in [0.2, 0.25) is 0 Å². The number of anilines is 2. The molecule has 2 amide bonds. The minimum absolute atomic E-state index is 0.104. The number of carbonyl (C=O) groups is 1. The van der Waals surface area contributed by atoms with E-state index in [-0.39, 0.29) is 17.3 Å². The van der Waals surface area contributed by atoms with Crippen LogP contribution in [-0.4, -0.2) is 13.1 Å². The molecule has 2 N–H and O–H groups in total. The second-order valence-electron chi connectivity index (χ2n) is 4.27. The van der Waals surface area contributed by atoms with E-state index in [0.29, 0.717) is 12.2 Å². The third-order valence-corrected chi connectivity index (χ3v) is 3.03. The van der Waals surface area contributed by atoms with Gasteiger partial charge in [-0.3, -0.25) is 4.90 Å². The minimum Gasteiger partial charge on any atom is -0.345 e. The van der Waals surface area contributed by atoms with Gasteiger partial charge in [-0.1, -0.05) is 0 Å². The van der Waals surface area contributed by atoms with E-state index in [4.69, 9.17) is 15.8 Å². The van der Waals surface area contributed by atoms with Crippen molar-refractivity contribution in [2.45, 2.75) is 6.54 Å². The highest BCUT2D eigenvalue weighted by Gasteiger charge is 2.20. The zero-order valence-corrected chi connectivity index (χ0v) is 11.1. The van der Waals surface area contributed by atoms with E-state index in [1.165, 1.54) is 4.90 Å². The fraction of sp³-hybridized carbons (Fsp3) is 0.143. The van der Waals surface area contributed by atoms with Gasteiger partial charge in [0.05, 0.1) is 5.69 Å². The molecule has 0 fully saturated rings. The SMILES string of the molecule is CN1C(=O)NCc2cc(NC(C#N)=C(C#N)C#N)ccc21. The van der Waals surface area contributed by atoms with Crippen molar-refractivity contribution in [3.8, 4) is 18.2 Å². The Kier molecular flexibility index (Phi) is 3.74. The van der Waals surface area contributed by atoms with Crippen molar-refractivity contribution in [3.63, 3.8) is 0 Å². The first-order valence-electron chi connectivity index (χ1n) is 5.96. The Labute approximate surface area is 121 Å². The molecule has 0 atom stereocenters. The minimum atomic E-state index is -0.277. The van der Waals surface area contributed by atoms with Gasteiger partial charge in [-0.15, -0.1) is 0 Å². The molecule has 1 aliphatic rings. The zero-order valence-electron chi connectivity index (χ0n) is 11.1. The number of fused-ring (bicyclic) bond motifs is 1. The molecule has 0 bridgehead atoms. The van der Waals surface area contributed by atoms with Crippen molar-refractivity contribution < 1.29 is 4.79 Å². The van der Waals surface area contributed by atoms with Gasteiger partial charge in [0.2, 0.25) is 0 Å². The highest BCUT2D eigenvalue weighted by Crippen LogP contribution is 2.27. The molecule has 1 aromatic rings.